The summed E-state index contributed by atoms with van der Waals surface area (Å²) >= 11 is 1.16. The third-order valence-electron chi connectivity index (χ3n) is 2.04. The molecule has 0 fully saturated rings. The Morgan fingerprint density at radius 1 is 1.53 bits per heavy atom. The Balaban J connectivity index is 2.66. The minimum absolute atomic E-state index is 0.0557. The monoisotopic (exact) mass is 257 g/mol. The quantitative estimate of drug-likeness (QED) is 0.808. The van der Waals surface area contributed by atoms with E-state index in [9.17, 15) is 9.59 Å². The molecule has 17 heavy (non-hydrogen) atoms. The molecular formula is C10H15N3O3S. The first-order valence-electron chi connectivity index (χ1n) is 4.97. The molecule has 1 atom stereocenters. The number of nitrogens with one attached hydrogen (secondary N) is 1. The topological polar surface area (TPSA) is 71.5 Å². The Labute approximate surface area is 104 Å². The first-order valence-corrected chi connectivity index (χ1v) is 5.79. The maximum absolute atomic E-state index is 11.6. The van der Waals surface area contributed by atoms with Gasteiger partial charge in [-0.1, -0.05) is 11.3 Å². The first kappa shape index (κ1) is 13.4. The summed E-state index contributed by atoms with van der Waals surface area (Å²) < 4.78 is 4.57. The molecular weight excluding hydrogens is 242 g/mol. The normalized spacial score (nSPS) is 11.8. The number of nitrogens with zero attached hydrogens (tertiary/aromatic N) is 2. The summed E-state index contributed by atoms with van der Waals surface area (Å²) in [5, 5.41) is 3.45. The van der Waals surface area contributed by atoms with Gasteiger partial charge in [0.25, 0.3) is 0 Å². The average Bonchev–Trinajstić information content (AvgIpc) is 2.75. The van der Waals surface area contributed by atoms with Crippen LogP contribution in [0.15, 0.2) is 6.20 Å². The molecule has 0 saturated carbocycles. The molecule has 0 bridgehead atoms. The molecule has 0 saturated heterocycles. The number of methoxy groups -OCH3 is 1. The smallest absolute Gasteiger partial charge is 0.349 e. The van der Waals surface area contributed by atoms with E-state index in [1.165, 1.54) is 18.2 Å². The Morgan fingerprint density at radius 2 is 2.18 bits per heavy atom. The van der Waals surface area contributed by atoms with Crippen LogP contribution in [0, 0.1) is 0 Å². The highest BCUT2D eigenvalue weighted by molar-refractivity contribution is 7.17. The van der Waals surface area contributed by atoms with Crippen molar-refractivity contribution < 1.29 is 14.3 Å². The van der Waals surface area contributed by atoms with Gasteiger partial charge in [-0.25, -0.2) is 9.78 Å². The predicted octanol–water partition coefficient (Wildman–Crippen LogP) is 0.818. The molecule has 1 unspecified atom stereocenters. The van der Waals surface area contributed by atoms with E-state index in [2.05, 4.69) is 15.0 Å². The fraction of sp³-hybridized carbons (Fsp3) is 0.500. The molecule has 0 aromatic carbocycles. The number of anilines is 1. The molecule has 1 amide bonds. The molecule has 0 aliphatic rings. The van der Waals surface area contributed by atoms with Crippen molar-refractivity contribution in [3.63, 3.8) is 0 Å². The molecule has 7 heteroatoms. The van der Waals surface area contributed by atoms with Gasteiger partial charge in [0.2, 0.25) is 5.91 Å². The minimum atomic E-state index is -0.429. The van der Waals surface area contributed by atoms with E-state index in [-0.39, 0.29) is 11.9 Å². The molecule has 1 rings (SSSR count). The Kier molecular flexibility index (Phi) is 4.45. The number of amides is 1. The van der Waals surface area contributed by atoms with Crippen LogP contribution in [0.4, 0.5) is 5.13 Å². The number of carbonyl (C=O) groups is 2. The predicted molar refractivity (Wildman–Crippen MR) is 65.2 cm³/mol. The van der Waals surface area contributed by atoms with E-state index in [0.717, 1.165) is 11.3 Å². The summed E-state index contributed by atoms with van der Waals surface area (Å²) in [6.45, 7) is 1.74. The third kappa shape index (κ3) is 3.42. The van der Waals surface area contributed by atoms with E-state index in [0.29, 0.717) is 10.0 Å². The van der Waals surface area contributed by atoms with Crippen molar-refractivity contribution in [3.8, 4) is 0 Å². The third-order valence-corrected chi connectivity index (χ3v) is 2.95. The van der Waals surface area contributed by atoms with Gasteiger partial charge < -0.3 is 15.0 Å². The summed E-state index contributed by atoms with van der Waals surface area (Å²) in [5.41, 5.74) is 0. The molecule has 0 radical (unpaired) electrons. The zero-order valence-corrected chi connectivity index (χ0v) is 11.0. The maximum atomic E-state index is 11.6. The lowest BCUT2D eigenvalue weighted by atomic mass is 10.3. The van der Waals surface area contributed by atoms with Crippen molar-refractivity contribution in [2.24, 2.45) is 0 Å². The fourth-order valence-electron chi connectivity index (χ4n) is 1.17. The lowest BCUT2D eigenvalue weighted by Crippen LogP contribution is -2.36. The van der Waals surface area contributed by atoms with Crippen LogP contribution in [0.5, 0.6) is 0 Å². The van der Waals surface area contributed by atoms with Crippen LogP contribution >= 0.6 is 11.3 Å². The minimum Gasteiger partial charge on any atom is -0.465 e. The maximum Gasteiger partial charge on any atom is 0.349 e. The average molecular weight is 257 g/mol. The van der Waals surface area contributed by atoms with Crippen molar-refractivity contribution in [1.82, 2.24) is 9.88 Å². The van der Waals surface area contributed by atoms with Crippen molar-refractivity contribution in [1.29, 1.82) is 0 Å². The van der Waals surface area contributed by atoms with Crippen molar-refractivity contribution in [3.05, 3.63) is 11.1 Å². The molecule has 6 nitrogen and oxygen atoms in total. The number of thiazole rings is 1. The van der Waals surface area contributed by atoms with Crippen molar-refractivity contribution in [2.75, 3.05) is 26.5 Å². The number of hydrogen-bond acceptors (Lipinski definition) is 6. The molecule has 94 valence electrons. The van der Waals surface area contributed by atoms with E-state index in [1.54, 1.807) is 21.0 Å². The highest BCUT2D eigenvalue weighted by atomic mass is 32.1. The number of esters is 1. The molecule has 0 aliphatic carbocycles. The van der Waals surface area contributed by atoms with Crippen LogP contribution in [0.1, 0.15) is 16.6 Å². The van der Waals surface area contributed by atoms with Crippen LogP contribution < -0.4 is 5.32 Å². The Morgan fingerprint density at radius 3 is 2.71 bits per heavy atom. The molecule has 1 aromatic heterocycles. The SMILES string of the molecule is COC(=O)c1cnc(NC(C)C(=O)N(C)C)s1. The number of rotatable bonds is 4. The summed E-state index contributed by atoms with van der Waals surface area (Å²) in [4.78, 5) is 28.7. The van der Waals surface area contributed by atoms with Gasteiger partial charge in [0.05, 0.1) is 13.3 Å². The zero-order valence-electron chi connectivity index (χ0n) is 10.2. The zero-order chi connectivity index (χ0) is 13.0. The highest BCUT2D eigenvalue weighted by Gasteiger charge is 2.17. The summed E-state index contributed by atoms with van der Waals surface area (Å²) in [6, 6.07) is -0.387. The fourth-order valence-corrected chi connectivity index (χ4v) is 1.99. The van der Waals surface area contributed by atoms with E-state index in [4.69, 9.17) is 0 Å². The second-order valence-corrected chi connectivity index (χ2v) is 4.65. The molecule has 1 heterocycles. The van der Waals surface area contributed by atoms with Gasteiger partial charge in [0, 0.05) is 14.1 Å². The van der Waals surface area contributed by atoms with E-state index >= 15 is 0 Å². The standard InChI is InChI=1S/C10H15N3O3S/c1-6(8(14)13(2)3)12-10-11-5-7(17-10)9(15)16-4/h5-6H,1-4H3,(H,11,12). The highest BCUT2D eigenvalue weighted by Crippen LogP contribution is 2.19. The van der Waals surface area contributed by atoms with E-state index < -0.39 is 5.97 Å². The van der Waals surface area contributed by atoms with Crippen LogP contribution in [-0.2, 0) is 9.53 Å². The summed E-state index contributed by atoms with van der Waals surface area (Å²) in [6.07, 6.45) is 1.42. The van der Waals surface area contributed by atoms with Crippen LogP contribution in [0.25, 0.3) is 0 Å². The van der Waals surface area contributed by atoms with Gasteiger partial charge in [-0.15, -0.1) is 0 Å². The van der Waals surface area contributed by atoms with Crippen LogP contribution in [-0.4, -0.2) is 49.0 Å². The number of carbonyl (C=O) groups excluding carboxylic acids is 2. The van der Waals surface area contributed by atoms with Gasteiger partial charge in [-0.05, 0) is 6.92 Å². The molecule has 1 N–H and O–H groups in total. The second-order valence-electron chi connectivity index (χ2n) is 3.62. The summed E-state index contributed by atoms with van der Waals surface area (Å²) in [5.74, 6) is -0.484. The molecule has 1 aromatic rings. The number of hydrogen-bond donors (Lipinski definition) is 1. The van der Waals surface area contributed by atoms with Crippen molar-refractivity contribution in [2.45, 2.75) is 13.0 Å². The largest absolute Gasteiger partial charge is 0.465 e. The van der Waals surface area contributed by atoms with Gasteiger partial charge >= 0.3 is 5.97 Å². The molecule has 0 spiro atoms. The van der Waals surface area contributed by atoms with Crippen molar-refractivity contribution >= 4 is 28.3 Å². The van der Waals surface area contributed by atoms with Gasteiger partial charge in [0.15, 0.2) is 5.13 Å². The lowest BCUT2D eigenvalue weighted by Gasteiger charge is -2.17. The van der Waals surface area contributed by atoms with Gasteiger partial charge in [-0.2, -0.15) is 0 Å². The Hall–Kier alpha value is -1.63. The summed E-state index contributed by atoms with van der Waals surface area (Å²) in [7, 11) is 4.68. The number of aromatic nitrogens is 1. The number of ether oxygens (including phenoxy) is 1. The van der Waals surface area contributed by atoms with Crippen LogP contribution in [0.3, 0.4) is 0 Å². The van der Waals surface area contributed by atoms with E-state index in [1.807, 2.05) is 0 Å². The number of likely N-dealkylation sites (N-methyl/N-ethyl adjacent to an activating group) is 1. The Bertz CT molecular complexity index is 417. The van der Waals surface area contributed by atoms with Crippen LogP contribution in [0.2, 0.25) is 0 Å². The van der Waals surface area contributed by atoms with Gasteiger partial charge in [-0.3, -0.25) is 4.79 Å². The lowest BCUT2D eigenvalue weighted by molar-refractivity contribution is -0.129. The van der Waals surface area contributed by atoms with Gasteiger partial charge in [0.1, 0.15) is 10.9 Å². The molecule has 0 aliphatic heterocycles. The first-order chi connectivity index (χ1) is 7.95. The second kappa shape index (κ2) is 5.62.